The van der Waals surface area contributed by atoms with Gasteiger partial charge in [0.2, 0.25) is 5.91 Å². The Bertz CT molecular complexity index is 1110. The number of benzene rings is 3. The summed E-state index contributed by atoms with van der Waals surface area (Å²) in [5, 5.41) is 0.420. The summed E-state index contributed by atoms with van der Waals surface area (Å²) < 4.78 is 10.8. The summed E-state index contributed by atoms with van der Waals surface area (Å²) in [5.74, 6) is -0.322. The molecular formula is C22H18ClN3O5. The number of hydrogen-bond acceptors (Lipinski definition) is 5. The maximum atomic E-state index is 12.3. The van der Waals surface area contributed by atoms with Crippen LogP contribution in [0.5, 0.6) is 17.2 Å². The van der Waals surface area contributed by atoms with E-state index in [1.54, 1.807) is 42.5 Å². The molecule has 0 aliphatic rings. The summed E-state index contributed by atoms with van der Waals surface area (Å²) in [6.07, 6.45) is 0. The van der Waals surface area contributed by atoms with E-state index in [1.165, 1.54) is 31.4 Å². The quantitative estimate of drug-likeness (QED) is 0.509. The number of hydrogen-bond donors (Lipinski definition) is 3. The van der Waals surface area contributed by atoms with Crippen molar-refractivity contribution in [3.8, 4) is 17.2 Å². The summed E-state index contributed by atoms with van der Waals surface area (Å²) >= 11 is 5.88. The predicted octanol–water partition coefficient (Wildman–Crippen LogP) is 3.31. The molecule has 3 aromatic carbocycles. The molecule has 3 aromatic rings. The monoisotopic (exact) mass is 439 g/mol. The predicted molar refractivity (Wildman–Crippen MR) is 114 cm³/mol. The van der Waals surface area contributed by atoms with Crippen molar-refractivity contribution in [3.05, 3.63) is 88.4 Å². The van der Waals surface area contributed by atoms with Crippen LogP contribution < -0.4 is 26.1 Å². The van der Waals surface area contributed by atoms with Crippen LogP contribution in [-0.4, -0.2) is 24.8 Å². The van der Waals surface area contributed by atoms with Crippen molar-refractivity contribution in [1.82, 2.24) is 10.9 Å². The second kappa shape index (κ2) is 9.64. The molecule has 4 N–H and O–H groups in total. The van der Waals surface area contributed by atoms with E-state index in [2.05, 4.69) is 10.9 Å². The second-order valence-corrected chi connectivity index (χ2v) is 6.70. The van der Waals surface area contributed by atoms with Crippen molar-refractivity contribution >= 4 is 29.3 Å². The second-order valence-electron chi connectivity index (χ2n) is 6.27. The van der Waals surface area contributed by atoms with E-state index in [-0.39, 0.29) is 11.3 Å². The molecule has 3 amide bonds. The molecule has 8 nitrogen and oxygen atoms in total. The van der Waals surface area contributed by atoms with E-state index in [0.29, 0.717) is 27.6 Å². The highest BCUT2D eigenvalue weighted by molar-refractivity contribution is 6.30. The Balaban J connectivity index is 1.59. The van der Waals surface area contributed by atoms with Gasteiger partial charge in [0.05, 0.1) is 12.7 Å². The van der Waals surface area contributed by atoms with Gasteiger partial charge in [0.25, 0.3) is 11.8 Å². The van der Waals surface area contributed by atoms with Crippen LogP contribution in [0, 0.1) is 0 Å². The first-order chi connectivity index (χ1) is 14.9. The summed E-state index contributed by atoms with van der Waals surface area (Å²) in [6, 6.07) is 17.1. The Hall–Kier alpha value is -4.04. The van der Waals surface area contributed by atoms with Gasteiger partial charge in [0, 0.05) is 16.1 Å². The Kier molecular flexibility index (Phi) is 6.74. The molecule has 0 aliphatic carbocycles. The molecule has 3 rings (SSSR count). The molecule has 158 valence electrons. The van der Waals surface area contributed by atoms with Gasteiger partial charge in [-0.15, -0.1) is 0 Å². The highest BCUT2D eigenvalue weighted by atomic mass is 35.5. The topological polar surface area (TPSA) is 120 Å². The third kappa shape index (κ3) is 5.52. The molecule has 0 spiro atoms. The maximum Gasteiger partial charge on any atom is 0.273 e. The number of carbonyl (C=O) groups excluding carboxylic acids is 3. The van der Waals surface area contributed by atoms with Gasteiger partial charge in [-0.05, 0) is 66.7 Å². The summed E-state index contributed by atoms with van der Waals surface area (Å²) in [7, 11) is 1.41. The maximum absolute atomic E-state index is 12.3. The van der Waals surface area contributed by atoms with Crippen molar-refractivity contribution < 1.29 is 23.9 Å². The number of halogens is 1. The molecule has 0 unspecified atom stereocenters. The Morgan fingerprint density at radius 2 is 1.35 bits per heavy atom. The van der Waals surface area contributed by atoms with Crippen LogP contribution in [0.15, 0.2) is 66.7 Å². The van der Waals surface area contributed by atoms with Gasteiger partial charge in [-0.25, -0.2) is 0 Å². The average molecular weight is 440 g/mol. The van der Waals surface area contributed by atoms with Gasteiger partial charge in [-0.3, -0.25) is 25.2 Å². The third-order valence-corrected chi connectivity index (χ3v) is 4.42. The molecule has 0 atom stereocenters. The Labute approximate surface area is 182 Å². The number of nitrogens with one attached hydrogen (secondary N) is 2. The van der Waals surface area contributed by atoms with Crippen LogP contribution in [-0.2, 0) is 0 Å². The first-order valence-corrected chi connectivity index (χ1v) is 9.37. The van der Waals surface area contributed by atoms with Crippen LogP contribution in [0.25, 0.3) is 0 Å². The number of nitrogens with two attached hydrogens (primary N) is 1. The zero-order chi connectivity index (χ0) is 22.4. The van der Waals surface area contributed by atoms with Crippen LogP contribution >= 0.6 is 11.6 Å². The smallest absolute Gasteiger partial charge is 0.273 e. The molecule has 0 heterocycles. The van der Waals surface area contributed by atoms with E-state index in [0.717, 1.165) is 0 Å². The summed E-state index contributed by atoms with van der Waals surface area (Å²) in [6.45, 7) is 0. The standard InChI is InChI=1S/C22H18ClN3O5/c1-30-19-12-15(23)6-11-18(19)22(29)26-25-21(28)14-4-9-17(10-5-14)31-16-7-2-13(3-8-16)20(24)27/h2-12H,1H3,(H2,24,27)(H,25,28)(H,26,29). The lowest BCUT2D eigenvalue weighted by Crippen LogP contribution is -2.41. The first kappa shape index (κ1) is 21.7. The average Bonchev–Trinajstić information content (AvgIpc) is 2.78. The van der Waals surface area contributed by atoms with Crippen molar-refractivity contribution in [2.24, 2.45) is 5.73 Å². The van der Waals surface area contributed by atoms with Crippen molar-refractivity contribution in [2.45, 2.75) is 0 Å². The SMILES string of the molecule is COc1cc(Cl)ccc1C(=O)NNC(=O)c1ccc(Oc2ccc(C(N)=O)cc2)cc1. The lowest BCUT2D eigenvalue weighted by molar-refractivity contribution is 0.0845. The van der Waals surface area contributed by atoms with Crippen molar-refractivity contribution in [3.63, 3.8) is 0 Å². The summed E-state index contributed by atoms with van der Waals surface area (Å²) in [5.41, 5.74) is 10.8. The lowest BCUT2D eigenvalue weighted by atomic mass is 10.2. The van der Waals surface area contributed by atoms with Gasteiger partial charge in [-0.1, -0.05) is 11.6 Å². The lowest BCUT2D eigenvalue weighted by Gasteiger charge is -2.11. The van der Waals surface area contributed by atoms with E-state index >= 15 is 0 Å². The molecule has 0 bridgehead atoms. The minimum Gasteiger partial charge on any atom is -0.496 e. The van der Waals surface area contributed by atoms with E-state index < -0.39 is 17.7 Å². The molecule has 0 fully saturated rings. The minimum absolute atomic E-state index is 0.221. The van der Waals surface area contributed by atoms with Crippen LogP contribution in [0.3, 0.4) is 0 Å². The van der Waals surface area contributed by atoms with Gasteiger partial charge in [-0.2, -0.15) is 0 Å². The Morgan fingerprint density at radius 1 is 0.806 bits per heavy atom. The normalized spacial score (nSPS) is 10.1. The molecule has 0 aromatic heterocycles. The highest BCUT2D eigenvalue weighted by Gasteiger charge is 2.14. The molecule has 0 saturated carbocycles. The zero-order valence-corrected chi connectivity index (χ0v) is 17.1. The van der Waals surface area contributed by atoms with Crippen LogP contribution in [0.1, 0.15) is 31.1 Å². The molecule has 31 heavy (non-hydrogen) atoms. The van der Waals surface area contributed by atoms with Gasteiger partial charge in [0.15, 0.2) is 0 Å². The molecule has 0 radical (unpaired) electrons. The molecule has 0 saturated heterocycles. The largest absolute Gasteiger partial charge is 0.496 e. The first-order valence-electron chi connectivity index (χ1n) is 8.99. The van der Waals surface area contributed by atoms with Crippen LogP contribution in [0.4, 0.5) is 0 Å². The number of carbonyl (C=O) groups is 3. The number of primary amides is 1. The van der Waals surface area contributed by atoms with E-state index in [9.17, 15) is 14.4 Å². The van der Waals surface area contributed by atoms with Crippen LogP contribution in [0.2, 0.25) is 5.02 Å². The highest BCUT2D eigenvalue weighted by Crippen LogP contribution is 2.23. The number of methoxy groups -OCH3 is 1. The fraction of sp³-hybridized carbons (Fsp3) is 0.0455. The third-order valence-electron chi connectivity index (χ3n) is 4.19. The van der Waals surface area contributed by atoms with Gasteiger partial charge < -0.3 is 15.2 Å². The van der Waals surface area contributed by atoms with Gasteiger partial charge >= 0.3 is 0 Å². The number of ether oxygens (including phenoxy) is 2. The zero-order valence-electron chi connectivity index (χ0n) is 16.3. The fourth-order valence-corrected chi connectivity index (χ4v) is 2.77. The number of amides is 3. The summed E-state index contributed by atoms with van der Waals surface area (Å²) in [4.78, 5) is 35.7. The van der Waals surface area contributed by atoms with Gasteiger partial charge in [0.1, 0.15) is 17.2 Å². The molecular weight excluding hydrogens is 422 g/mol. The molecule has 9 heteroatoms. The van der Waals surface area contributed by atoms with Crippen molar-refractivity contribution in [1.29, 1.82) is 0 Å². The number of rotatable bonds is 6. The van der Waals surface area contributed by atoms with E-state index in [1.807, 2.05) is 0 Å². The van der Waals surface area contributed by atoms with E-state index in [4.69, 9.17) is 26.8 Å². The Morgan fingerprint density at radius 3 is 1.90 bits per heavy atom. The fourth-order valence-electron chi connectivity index (χ4n) is 2.60. The minimum atomic E-state index is -0.554. The van der Waals surface area contributed by atoms with Crippen molar-refractivity contribution in [2.75, 3.05) is 7.11 Å². The molecule has 0 aliphatic heterocycles. The number of hydrazine groups is 1.